The number of amides is 1. The predicted octanol–water partition coefficient (Wildman–Crippen LogP) is 2.44. The summed E-state index contributed by atoms with van der Waals surface area (Å²) in [5, 5.41) is 7.71. The standard InChI is InChI=1S/C10H10N2OS2/c1-7-12-8(6-15-7)5-11-10(13)9-3-2-4-14-9/h2-4,6H,5H2,1H3,(H,11,13). The van der Waals surface area contributed by atoms with Crippen LogP contribution in [0.1, 0.15) is 20.4 Å². The topological polar surface area (TPSA) is 42.0 Å². The van der Waals surface area contributed by atoms with E-state index in [-0.39, 0.29) is 5.91 Å². The highest BCUT2D eigenvalue weighted by Crippen LogP contribution is 2.10. The number of rotatable bonds is 3. The first-order valence-electron chi connectivity index (χ1n) is 4.48. The summed E-state index contributed by atoms with van der Waals surface area (Å²) in [6, 6.07) is 3.68. The minimum Gasteiger partial charge on any atom is -0.346 e. The molecule has 2 aromatic rings. The zero-order valence-corrected chi connectivity index (χ0v) is 9.82. The van der Waals surface area contributed by atoms with Crippen LogP contribution in [0.5, 0.6) is 0 Å². The monoisotopic (exact) mass is 238 g/mol. The average molecular weight is 238 g/mol. The molecule has 0 aliphatic rings. The summed E-state index contributed by atoms with van der Waals surface area (Å²) in [5.74, 6) is -0.0318. The number of thiophene rings is 1. The highest BCUT2D eigenvalue weighted by Gasteiger charge is 2.06. The zero-order valence-electron chi connectivity index (χ0n) is 8.19. The van der Waals surface area contributed by atoms with Crippen LogP contribution in [-0.4, -0.2) is 10.9 Å². The number of hydrogen-bond acceptors (Lipinski definition) is 4. The molecular formula is C10H10N2OS2. The molecule has 0 saturated carbocycles. The Kier molecular flexibility index (Phi) is 3.13. The second-order valence-electron chi connectivity index (χ2n) is 3.02. The van der Waals surface area contributed by atoms with Crippen LogP contribution in [0.3, 0.4) is 0 Å². The maximum absolute atomic E-state index is 11.6. The van der Waals surface area contributed by atoms with Crippen molar-refractivity contribution >= 4 is 28.6 Å². The molecule has 1 N–H and O–H groups in total. The lowest BCUT2D eigenvalue weighted by Gasteiger charge is -1.99. The minimum absolute atomic E-state index is 0.0318. The van der Waals surface area contributed by atoms with Crippen molar-refractivity contribution in [2.24, 2.45) is 0 Å². The van der Waals surface area contributed by atoms with Crippen molar-refractivity contribution in [3.8, 4) is 0 Å². The Morgan fingerprint density at radius 2 is 2.40 bits per heavy atom. The zero-order chi connectivity index (χ0) is 10.7. The Bertz CT molecular complexity index is 448. The van der Waals surface area contributed by atoms with Gasteiger partial charge in [0, 0.05) is 5.38 Å². The lowest BCUT2D eigenvalue weighted by Crippen LogP contribution is -2.21. The van der Waals surface area contributed by atoms with Crippen LogP contribution in [0.4, 0.5) is 0 Å². The maximum Gasteiger partial charge on any atom is 0.261 e. The fraction of sp³-hybridized carbons (Fsp3) is 0.200. The van der Waals surface area contributed by atoms with E-state index in [9.17, 15) is 4.79 Å². The van der Waals surface area contributed by atoms with Crippen molar-refractivity contribution in [3.05, 3.63) is 38.5 Å². The number of carbonyl (C=O) groups excluding carboxylic acids is 1. The maximum atomic E-state index is 11.6. The summed E-state index contributed by atoms with van der Waals surface area (Å²) < 4.78 is 0. The summed E-state index contributed by atoms with van der Waals surface area (Å²) in [5.41, 5.74) is 0.919. The average Bonchev–Trinajstić information content (AvgIpc) is 2.84. The smallest absolute Gasteiger partial charge is 0.261 e. The summed E-state index contributed by atoms with van der Waals surface area (Å²) in [6.07, 6.45) is 0. The van der Waals surface area contributed by atoms with E-state index >= 15 is 0 Å². The Morgan fingerprint density at radius 1 is 1.53 bits per heavy atom. The van der Waals surface area contributed by atoms with E-state index in [0.29, 0.717) is 6.54 Å². The van der Waals surface area contributed by atoms with Gasteiger partial charge in [0.05, 0.1) is 22.1 Å². The molecule has 0 saturated heterocycles. The van der Waals surface area contributed by atoms with Crippen LogP contribution >= 0.6 is 22.7 Å². The molecule has 2 heterocycles. The lowest BCUT2D eigenvalue weighted by atomic mass is 10.4. The normalized spacial score (nSPS) is 10.2. The molecule has 2 rings (SSSR count). The molecule has 0 atom stereocenters. The molecule has 1 amide bonds. The van der Waals surface area contributed by atoms with Crippen molar-refractivity contribution in [2.75, 3.05) is 0 Å². The number of carbonyl (C=O) groups is 1. The first kappa shape index (κ1) is 10.3. The molecule has 0 bridgehead atoms. The van der Waals surface area contributed by atoms with E-state index in [0.717, 1.165) is 15.6 Å². The van der Waals surface area contributed by atoms with E-state index < -0.39 is 0 Å². The second kappa shape index (κ2) is 4.55. The number of nitrogens with one attached hydrogen (secondary N) is 1. The predicted molar refractivity (Wildman–Crippen MR) is 62.3 cm³/mol. The second-order valence-corrected chi connectivity index (χ2v) is 5.03. The van der Waals surface area contributed by atoms with Crippen molar-refractivity contribution < 1.29 is 4.79 Å². The first-order valence-corrected chi connectivity index (χ1v) is 6.24. The Morgan fingerprint density at radius 3 is 3.00 bits per heavy atom. The molecule has 0 fully saturated rings. The number of nitrogens with zero attached hydrogens (tertiary/aromatic N) is 1. The molecule has 15 heavy (non-hydrogen) atoms. The van der Waals surface area contributed by atoms with Crippen LogP contribution in [-0.2, 0) is 6.54 Å². The molecule has 0 spiro atoms. The fourth-order valence-electron chi connectivity index (χ4n) is 1.16. The first-order chi connectivity index (χ1) is 7.25. The van der Waals surface area contributed by atoms with E-state index in [1.54, 1.807) is 11.3 Å². The van der Waals surface area contributed by atoms with Gasteiger partial charge in [0.15, 0.2) is 0 Å². The quantitative estimate of drug-likeness (QED) is 0.892. The number of aryl methyl sites for hydroxylation is 1. The van der Waals surface area contributed by atoms with E-state index in [4.69, 9.17) is 0 Å². The van der Waals surface area contributed by atoms with Crippen molar-refractivity contribution in [2.45, 2.75) is 13.5 Å². The lowest BCUT2D eigenvalue weighted by molar-refractivity contribution is 0.0954. The molecule has 78 valence electrons. The summed E-state index contributed by atoms with van der Waals surface area (Å²) in [6.45, 7) is 2.45. The molecule has 0 aromatic carbocycles. The number of hydrogen-bond donors (Lipinski definition) is 1. The van der Waals surface area contributed by atoms with Crippen LogP contribution in [0.15, 0.2) is 22.9 Å². The van der Waals surface area contributed by atoms with Crippen LogP contribution in [0.2, 0.25) is 0 Å². The third-order valence-electron chi connectivity index (χ3n) is 1.84. The highest BCUT2D eigenvalue weighted by molar-refractivity contribution is 7.12. The summed E-state index contributed by atoms with van der Waals surface area (Å²) in [7, 11) is 0. The van der Waals surface area contributed by atoms with Gasteiger partial charge in [-0.05, 0) is 18.4 Å². The third kappa shape index (κ3) is 2.64. The molecule has 2 aromatic heterocycles. The molecule has 5 heteroatoms. The van der Waals surface area contributed by atoms with Crippen LogP contribution in [0, 0.1) is 6.92 Å². The van der Waals surface area contributed by atoms with Gasteiger partial charge >= 0.3 is 0 Å². The SMILES string of the molecule is Cc1nc(CNC(=O)c2cccs2)cs1. The van der Waals surface area contributed by atoms with E-state index in [1.807, 2.05) is 29.8 Å². The largest absolute Gasteiger partial charge is 0.346 e. The van der Waals surface area contributed by atoms with Gasteiger partial charge < -0.3 is 5.32 Å². The number of thiazole rings is 1. The molecule has 0 aliphatic carbocycles. The van der Waals surface area contributed by atoms with Gasteiger partial charge in [-0.3, -0.25) is 4.79 Å². The van der Waals surface area contributed by atoms with Crippen molar-refractivity contribution in [1.82, 2.24) is 10.3 Å². The highest BCUT2D eigenvalue weighted by atomic mass is 32.1. The summed E-state index contributed by atoms with van der Waals surface area (Å²) in [4.78, 5) is 16.6. The Balaban J connectivity index is 1.91. The molecular weight excluding hydrogens is 228 g/mol. The van der Waals surface area contributed by atoms with Gasteiger partial charge in [0.25, 0.3) is 5.91 Å². The molecule has 0 unspecified atom stereocenters. The van der Waals surface area contributed by atoms with Gasteiger partial charge in [-0.15, -0.1) is 22.7 Å². The Labute approximate surface area is 95.8 Å². The molecule has 3 nitrogen and oxygen atoms in total. The van der Waals surface area contributed by atoms with Gasteiger partial charge in [-0.1, -0.05) is 6.07 Å². The van der Waals surface area contributed by atoms with E-state index in [2.05, 4.69) is 10.3 Å². The minimum atomic E-state index is -0.0318. The summed E-state index contributed by atoms with van der Waals surface area (Å²) >= 11 is 3.04. The van der Waals surface area contributed by atoms with Gasteiger partial charge in [-0.25, -0.2) is 4.98 Å². The van der Waals surface area contributed by atoms with Crippen LogP contribution < -0.4 is 5.32 Å². The van der Waals surface area contributed by atoms with Gasteiger partial charge in [0.1, 0.15) is 0 Å². The third-order valence-corrected chi connectivity index (χ3v) is 3.53. The fourth-order valence-corrected chi connectivity index (χ4v) is 2.41. The molecule has 0 radical (unpaired) electrons. The van der Waals surface area contributed by atoms with Crippen molar-refractivity contribution in [1.29, 1.82) is 0 Å². The van der Waals surface area contributed by atoms with E-state index in [1.165, 1.54) is 11.3 Å². The van der Waals surface area contributed by atoms with Gasteiger partial charge in [-0.2, -0.15) is 0 Å². The Hall–Kier alpha value is -1.20. The van der Waals surface area contributed by atoms with Crippen molar-refractivity contribution in [3.63, 3.8) is 0 Å². The van der Waals surface area contributed by atoms with Crippen LogP contribution in [0.25, 0.3) is 0 Å². The molecule has 0 aliphatic heterocycles. The number of aromatic nitrogens is 1. The van der Waals surface area contributed by atoms with Gasteiger partial charge in [0.2, 0.25) is 0 Å².